The molecule has 0 saturated carbocycles. The second-order valence-electron chi connectivity index (χ2n) is 2.39. The van der Waals surface area contributed by atoms with Gasteiger partial charge in [0.05, 0.1) is 18.9 Å². The van der Waals surface area contributed by atoms with Crippen molar-refractivity contribution in [3.05, 3.63) is 23.5 Å². The lowest BCUT2D eigenvalue weighted by Gasteiger charge is -2.03. The van der Waals surface area contributed by atoms with Crippen LogP contribution in [0.3, 0.4) is 0 Å². The van der Waals surface area contributed by atoms with Gasteiger partial charge in [0.1, 0.15) is 5.75 Å². The average molecular weight is 165 g/mol. The van der Waals surface area contributed by atoms with Gasteiger partial charge in [-0.15, -0.1) is 0 Å². The molecule has 0 aliphatic rings. The molecule has 0 N–H and O–H groups in total. The molecule has 1 rings (SSSR count). The van der Waals surface area contributed by atoms with E-state index in [1.807, 2.05) is 6.92 Å². The highest BCUT2D eigenvalue weighted by molar-refractivity contribution is 5.79. The Morgan fingerprint density at radius 1 is 1.67 bits per heavy atom. The molecule has 0 unspecified atom stereocenters. The fourth-order valence-electron chi connectivity index (χ4n) is 0.960. The molecule has 1 aromatic rings. The standard InChI is InChI=1S/C9H11NO2/c1-3-8-4-7(6-11)9(12-2)5-10-8/h4-6H,3H2,1-2H3. The third-order valence-electron chi connectivity index (χ3n) is 1.66. The van der Waals surface area contributed by atoms with Gasteiger partial charge in [0.2, 0.25) is 0 Å². The summed E-state index contributed by atoms with van der Waals surface area (Å²) < 4.78 is 4.94. The van der Waals surface area contributed by atoms with E-state index in [0.717, 1.165) is 18.4 Å². The van der Waals surface area contributed by atoms with E-state index in [9.17, 15) is 4.79 Å². The summed E-state index contributed by atoms with van der Waals surface area (Å²) in [5, 5.41) is 0. The molecular weight excluding hydrogens is 154 g/mol. The van der Waals surface area contributed by atoms with E-state index in [1.54, 1.807) is 12.3 Å². The zero-order valence-electron chi connectivity index (χ0n) is 7.20. The van der Waals surface area contributed by atoms with Crippen molar-refractivity contribution < 1.29 is 9.53 Å². The normalized spacial score (nSPS) is 9.50. The Labute approximate surface area is 71.4 Å². The number of aryl methyl sites for hydroxylation is 1. The number of carbonyl (C=O) groups is 1. The Kier molecular flexibility index (Phi) is 2.80. The van der Waals surface area contributed by atoms with Gasteiger partial charge in [-0.3, -0.25) is 9.78 Å². The van der Waals surface area contributed by atoms with Gasteiger partial charge in [0.15, 0.2) is 6.29 Å². The van der Waals surface area contributed by atoms with Crippen LogP contribution < -0.4 is 4.74 Å². The SMILES string of the molecule is CCc1cc(C=O)c(OC)cn1. The molecule has 0 aliphatic carbocycles. The monoisotopic (exact) mass is 165 g/mol. The van der Waals surface area contributed by atoms with E-state index in [-0.39, 0.29) is 0 Å². The van der Waals surface area contributed by atoms with Crippen LogP contribution in [0.5, 0.6) is 5.75 Å². The van der Waals surface area contributed by atoms with Crippen molar-refractivity contribution in [2.24, 2.45) is 0 Å². The third-order valence-corrected chi connectivity index (χ3v) is 1.66. The topological polar surface area (TPSA) is 39.2 Å². The lowest BCUT2D eigenvalue weighted by molar-refractivity contribution is 0.112. The van der Waals surface area contributed by atoms with Gasteiger partial charge in [0.25, 0.3) is 0 Å². The molecule has 0 amide bonds. The lowest BCUT2D eigenvalue weighted by atomic mass is 10.2. The fraction of sp³-hybridized carbons (Fsp3) is 0.333. The average Bonchev–Trinajstić information content (AvgIpc) is 2.16. The van der Waals surface area contributed by atoms with Crippen molar-refractivity contribution in [3.63, 3.8) is 0 Å². The quantitative estimate of drug-likeness (QED) is 0.636. The van der Waals surface area contributed by atoms with Gasteiger partial charge < -0.3 is 4.74 Å². The smallest absolute Gasteiger partial charge is 0.153 e. The molecule has 0 spiro atoms. The molecule has 0 fully saturated rings. The second-order valence-corrected chi connectivity index (χ2v) is 2.39. The number of carbonyl (C=O) groups excluding carboxylic acids is 1. The number of ether oxygens (including phenoxy) is 1. The zero-order chi connectivity index (χ0) is 8.97. The van der Waals surface area contributed by atoms with E-state index < -0.39 is 0 Å². The minimum absolute atomic E-state index is 0.530. The van der Waals surface area contributed by atoms with Crippen molar-refractivity contribution in [3.8, 4) is 5.75 Å². The molecule has 0 aromatic carbocycles. The summed E-state index contributed by atoms with van der Waals surface area (Å²) in [7, 11) is 1.52. The van der Waals surface area contributed by atoms with E-state index in [1.165, 1.54) is 7.11 Å². The Bertz CT molecular complexity index is 284. The molecular formula is C9H11NO2. The Morgan fingerprint density at radius 2 is 2.42 bits per heavy atom. The molecule has 12 heavy (non-hydrogen) atoms. The first kappa shape index (κ1) is 8.71. The Morgan fingerprint density at radius 3 is 2.92 bits per heavy atom. The van der Waals surface area contributed by atoms with Crippen LogP contribution in [0.2, 0.25) is 0 Å². The first-order valence-electron chi connectivity index (χ1n) is 3.80. The largest absolute Gasteiger partial charge is 0.494 e. The number of pyridine rings is 1. The van der Waals surface area contributed by atoms with Crippen molar-refractivity contribution in [2.75, 3.05) is 7.11 Å². The van der Waals surface area contributed by atoms with Crippen LogP contribution in [0.4, 0.5) is 0 Å². The first-order chi connectivity index (χ1) is 5.81. The molecule has 0 radical (unpaired) electrons. The maximum atomic E-state index is 10.5. The number of rotatable bonds is 3. The fourth-order valence-corrected chi connectivity index (χ4v) is 0.960. The summed E-state index contributed by atoms with van der Waals surface area (Å²) >= 11 is 0. The van der Waals surface area contributed by atoms with Gasteiger partial charge >= 0.3 is 0 Å². The van der Waals surface area contributed by atoms with E-state index in [0.29, 0.717) is 11.3 Å². The lowest BCUT2D eigenvalue weighted by Crippen LogP contribution is -1.95. The molecule has 3 nitrogen and oxygen atoms in total. The summed E-state index contributed by atoms with van der Waals surface area (Å²) in [5.41, 5.74) is 1.46. The number of hydrogen-bond acceptors (Lipinski definition) is 3. The van der Waals surface area contributed by atoms with Crippen LogP contribution in [0.1, 0.15) is 23.0 Å². The molecule has 3 heteroatoms. The molecule has 0 atom stereocenters. The number of nitrogens with zero attached hydrogens (tertiary/aromatic N) is 1. The predicted octanol–water partition coefficient (Wildman–Crippen LogP) is 1.47. The van der Waals surface area contributed by atoms with Crippen LogP contribution in [0.15, 0.2) is 12.3 Å². The summed E-state index contributed by atoms with van der Waals surface area (Å²) in [4.78, 5) is 14.6. The van der Waals surface area contributed by atoms with Gasteiger partial charge in [-0.25, -0.2) is 0 Å². The number of aromatic nitrogens is 1. The van der Waals surface area contributed by atoms with Crippen molar-refractivity contribution in [1.82, 2.24) is 4.98 Å². The Balaban J connectivity index is 3.10. The van der Waals surface area contributed by atoms with E-state index in [4.69, 9.17) is 4.74 Å². The second kappa shape index (κ2) is 3.85. The maximum absolute atomic E-state index is 10.5. The maximum Gasteiger partial charge on any atom is 0.153 e. The molecule has 1 aromatic heterocycles. The number of methoxy groups -OCH3 is 1. The van der Waals surface area contributed by atoms with Gasteiger partial charge in [-0.1, -0.05) is 6.92 Å². The van der Waals surface area contributed by atoms with Crippen LogP contribution in [0.25, 0.3) is 0 Å². The highest BCUT2D eigenvalue weighted by atomic mass is 16.5. The van der Waals surface area contributed by atoms with Crippen LogP contribution in [-0.4, -0.2) is 18.4 Å². The highest BCUT2D eigenvalue weighted by Crippen LogP contribution is 2.15. The van der Waals surface area contributed by atoms with E-state index in [2.05, 4.69) is 4.98 Å². The molecule has 0 aliphatic heterocycles. The molecule has 1 heterocycles. The summed E-state index contributed by atoms with van der Waals surface area (Å²) in [5.74, 6) is 0.530. The van der Waals surface area contributed by atoms with Gasteiger partial charge in [0, 0.05) is 5.69 Å². The number of aldehydes is 1. The third kappa shape index (κ3) is 1.61. The molecule has 0 bridgehead atoms. The van der Waals surface area contributed by atoms with Crippen molar-refractivity contribution >= 4 is 6.29 Å². The molecule has 0 saturated heterocycles. The van der Waals surface area contributed by atoms with Crippen molar-refractivity contribution in [2.45, 2.75) is 13.3 Å². The number of hydrogen-bond donors (Lipinski definition) is 0. The van der Waals surface area contributed by atoms with Crippen molar-refractivity contribution in [1.29, 1.82) is 0 Å². The van der Waals surface area contributed by atoms with Crippen LogP contribution in [0, 0.1) is 0 Å². The zero-order valence-corrected chi connectivity index (χ0v) is 7.20. The summed E-state index contributed by atoms with van der Waals surface area (Å²) in [6, 6.07) is 1.74. The van der Waals surface area contributed by atoms with Crippen LogP contribution >= 0.6 is 0 Å². The predicted molar refractivity (Wildman–Crippen MR) is 45.6 cm³/mol. The van der Waals surface area contributed by atoms with Gasteiger partial charge in [-0.2, -0.15) is 0 Å². The first-order valence-corrected chi connectivity index (χ1v) is 3.80. The Hall–Kier alpha value is -1.38. The highest BCUT2D eigenvalue weighted by Gasteiger charge is 2.02. The van der Waals surface area contributed by atoms with Gasteiger partial charge in [-0.05, 0) is 12.5 Å². The van der Waals surface area contributed by atoms with E-state index >= 15 is 0 Å². The minimum atomic E-state index is 0.530. The summed E-state index contributed by atoms with van der Waals surface area (Å²) in [6.45, 7) is 1.99. The minimum Gasteiger partial charge on any atom is -0.494 e. The summed E-state index contributed by atoms with van der Waals surface area (Å²) in [6.07, 6.45) is 3.17. The van der Waals surface area contributed by atoms with Crippen LogP contribution in [-0.2, 0) is 6.42 Å². The molecule has 64 valence electrons.